The number of rotatable bonds is 6. The Bertz CT molecular complexity index is 1070. The Morgan fingerprint density at radius 3 is 2.84 bits per heavy atom. The minimum atomic E-state index is -0.625. The number of benzene rings is 2. The molecule has 4 rings (SSSR count). The quantitative estimate of drug-likeness (QED) is 0.558. The fraction of sp³-hybridized carbons (Fsp3) is 0.391. The molecule has 0 radical (unpaired) electrons. The van der Waals surface area contributed by atoms with Gasteiger partial charge in [-0.3, -0.25) is 4.90 Å². The van der Waals surface area contributed by atoms with Crippen LogP contribution in [0.25, 0.3) is 10.2 Å². The summed E-state index contributed by atoms with van der Waals surface area (Å²) in [7, 11) is 0. The van der Waals surface area contributed by atoms with Crippen molar-refractivity contribution in [1.82, 2.24) is 14.8 Å². The summed E-state index contributed by atoms with van der Waals surface area (Å²) in [6.07, 6.45) is -0.625. The van der Waals surface area contributed by atoms with Crippen molar-refractivity contribution in [3.05, 3.63) is 52.5 Å². The minimum absolute atomic E-state index is 0.128. The van der Waals surface area contributed by atoms with E-state index in [4.69, 9.17) is 16.3 Å². The van der Waals surface area contributed by atoms with E-state index in [0.717, 1.165) is 15.2 Å². The van der Waals surface area contributed by atoms with Crippen molar-refractivity contribution in [3.63, 3.8) is 0 Å². The van der Waals surface area contributed by atoms with E-state index in [0.29, 0.717) is 42.6 Å². The average Bonchev–Trinajstić information content (AvgIpc) is 3.14. The van der Waals surface area contributed by atoms with Crippen LogP contribution in [0.4, 0.5) is 10.5 Å². The first kappa shape index (κ1) is 22.8. The van der Waals surface area contributed by atoms with Crippen molar-refractivity contribution < 1.29 is 14.6 Å². The molecule has 1 aromatic heterocycles. The normalized spacial score (nSPS) is 18.0. The zero-order valence-corrected chi connectivity index (χ0v) is 19.7. The maximum absolute atomic E-state index is 12.6. The molecule has 2 aromatic carbocycles. The van der Waals surface area contributed by atoms with Crippen molar-refractivity contribution >= 4 is 44.9 Å². The molecule has 0 aliphatic carbocycles. The third-order valence-corrected chi connectivity index (χ3v) is 6.71. The minimum Gasteiger partial charge on any atom is -0.491 e. The van der Waals surface area contributed by atoms with Crippen LogP contribution in [0.2, 0.25) is 5.02 Å². The molecule has 170 valence electrons. The first-order chi connectivity index (χ1) is 15.4. The second-order valence-electron chi connectivity index (χ2n) is 8.05. The molecule has 1 aliphatic heterocycles. The van der Waals surface area contributed by atoms with Gasteiger partial charge in [0.05, 0.1) is 15.2 Å². The average molecular weight is 475 g/mol. The van der Waals surface area contributed by atoms with E-state index in [-0.39, 0.29) is 18.7 Å². The van der Waals surface area contributed by atoms with Crippen molar-refractivity contribution in [2.45, 2.75) is 26.0 Å². The lowest BCUT2D eigenvalue weighted by molar-refractivity contribution is 0.0307. The largest absolute Gasteiger partial charge is 0.491 e. The van der Waals surface area contributed by atoms with E-state index in [1.807, 2.05) is 25.1 Å². The number of thiazole rings is 1. The molecule has 0 saturated carbocycles. The van der Waals surface area contributed by atoms with E-state index in [1.54, 1.807) is 40.5 Å². The predicted octanol–water partition coefficient (Wildman–Crippen LogP) is 4.24. The molecule has 0 bridgehead atoms. The third-order valence-electron chi connectivity index (χ3n) is 5.50. The maximum atomic E-state index is 12.6. The Hall–Kier alpha value is -2.39. The summed E-state index contributed by atoms with van der Waals surface area (Å²) in [6, 6.07) is 12.9. The van der Waals surface area contributed by atoms with Crippen LogP contribution in [-0.2, 0) is 0 Å². The van der Waals surface area contributed by atoms with Crippen molar-refractivity contribution in [2.75, 3.05) is 38.1 Å². The number of aliphatic hydroxyl groups is 1. The van der Waals surface area contributed by atoms with Gasteiger partial charge >= 0.3 is 6.03 Å². The smallest absolute Gasteiger partial charge is 0.321 e. The molecule has 7 nitrogen and oxygen atoms in total. The molecule has 1 fully saturated rings. The molecule has 2 atom stereocenters. The summed E-state index contributed by atoms with van der Waals surface area (Å²) in [4.78, 5) is 21.0. The van der Waals surface area contributed by atoms with Gasteiger partial charge in [0.2, 0.25) is 0 Å². The van der Waals surface area contributed by atoms with Crippen LogP contribution < -0.4 is 10.1 Å². The number of hydrogen-bond acceptors (Lipinski definition) is 6. The van der Waals surface area contributed by atoms with Gasteiger partial charge in [-0.05, 0) is 50.2 Å². The zero-order chi connectivity index (χ0) is 22.7. The standard InChI is InChI=1S/C23H27ClN4O3S/c1-15-12-28(23(30)26-18-5-3-17(24)4-6-18)10-9-27(15)13-19(29)14-31-20-7-8-22-21(11-20)25-16(2)32-22/h3-8,11,15,19,29H,9-10,12-14H2,1-2H3,(H,26,30)/t15-,19+/m0/s1. The number of nitrogens with one attached hydrogen (secondary N) is 1. The topological polar surface area (TPSA) is 77.9 Å². The van der Waals surface area contributed by atoms with E-state index < -0.39 is 6.10 Å². The highest BCUT2D eigenvalue weighted by Gasteiger charge is 2.28. The van der Waals surface area contributed by atoms with Crippen molar-refractivity contribution in [2.24, 2.45) is 0 Å². The fourth-order valence-electron chi connectivity index (χ4n) is 3.81. The number of ether oxygens (including phenoxy) is 1. The highest BCUT2D eigenvalue weighted by atomic mass is 35.5. The van der Waals surface area contributed by atoms with Crippen LogP contribution in [0.5, 0.6) is 5.75 Å². The van der Waals surface area contributed by atoms with Gasteiger partial charge in [0, 0.05) is 49.0 Å². The second kappa shape index (κ2) is 10.0. The summed E-state index contributed by atoms with van der Waals surface area (Å²) in [5.74, 6) is 0.707. The number of aryl methyl sites for hydroxylation is 1. The number of aromatic nitrogens is 1. The summed E-state index contributed by atoms with van der Waals surface area (Å²) >= 11 is 7.55. The number of amides is 2. The number of carbonyl (C=O) groups excluding carboxylic acids is 1. The molecule has 2 amide bonds. The summed E-state index contributed by atoms with van der Waals surface area (Å²) in [6.45, 7) is 6.62. The van der Waals surface area contributed by atoms with Gasteiger partial charge < -0.3 is 20.1 Å². The number of carbonyl (C=O) groups is 1. The number of aliphatic hydroxyl groups excluding tert-OH is 1. The van der Waals surface area contributed by atoms with Crippen LogP contribution in [0, 0.1) is 6.92 Å². The van der Waals surface area contributed by atoms with Crippen LogP contribution in [-0.4, -0.2) is 70.9 Å². The summed E-state index contributed by atoms with van der Waals surface area (Å²) in [5, 5.41) is 15.1. The van der Waals surface area contributed by atoms with E-state index >= 15 is 0 Å². The number of hydrogen-bond donors (Lipinski definition) is 2. The lowest BCUT2D eigenvalue weighted by atomic mass is 10.1. The summed E-state index contributed by atoms with van der Waals surface area (Å²) < 4.78 is 6.93. The molecular weight excluding hydrogens is 448 g/mol. The van der Waals surface area contributed by atoms with Gasteiger partial charge in [0.15, 0.2) is 0 Å². The third kappa shape index (κ3) is 5.69. The predicted molar refractivity (Wildman–Crippen MR) is 129 cm³/mol. The Balaban J connectivity index is 1.24. The lowest BCUT2D eigenvalue weighted by Crippen LogP contribution is -2.56. The first-order valence-electron chi connectivity index (χ1n) is 10.6. The van der Waals surface area contributed by atoms with Gasteiger partial charge in [-0.2, -0.15) is 0 Å². The second-order valence-corrected chi connectivity index (χ2v) is 9.73. The molecule has 2 N–H and O–H groups in total. The number of fused-ring (bicyclic) bond motifs is 1. The molecule has 0 unspecified atom stereocenters. The fourth-order valence-corrected chi connectivity index (χ4v) is 4.75. The van der Waals surface area contributed by atoms with Crippen LogP contribution in [0.3, 0.4) is 0 Å². The zero-order valence-electron chi connectivity index (χ0n) is 18.1. The monoisotopic (exact) mass is 474 g/mol. The Morgan fingerprint density at radius 2 is 2.09 bits per heavy atom. The van der Waals surface area contributed by atoms with Crippen molar-refractivity contribution in [1.29, 1.82) is 0 Å². The Morgan fingerprint density at radius 1 is 1.31 bits per heavy atom. The summed E-state index contributed by atoms with van der Waals surface area (Å²) in [5.41, 5.74) is 1.63. The highest BCUT2D eigenvalue weighted by Crippen LogP contribution is 2.25. The Kier molecular flexibility index (Phi) is 7.15. The Labute approximate surface area is 196 Å². The van der Waals surface area contributed by atoms with Gasteiger partial charge in [-0.25, -0.2) is 9.78 Å². The highest BCUT2D eigenvalue weighted by molar-refractivity contribution is 7.18. The van der Waals surface area contributed by atoms with Crippen LogP contribution in [0.1, 0.15) is 11.9 Å². The van der Waals surface area contributed by atoms with E-state index in [9.17, 15) is 9.90 Å². The number of β-amino-alcohol motifs (C(OH)–C–C–N with tert-alkyl or cyclic N) is 1. The number of urea groups is 1. The molecule has 1 aliphatic rings. The molecule has 1 saturated heterocycles. The lowest BCUT2D eigenvalue weighted by Gasteiger charge is -2.40. The van der Waals surface area contributed by atoms with Crippen LogP contribution in [0.15, 0.2) is 42.5 Å². The van der Waals surface area contributed by atoms with Gasteiger partial charge in [0.25, 0.3) is 0 Å². The molecule has 32 heavy (non-hydrogen) atoms. The molecule has 9 heteroatoms. The first-order valence-corrected chi connectivity index (χ1v) is 11.8. The van der Waals surface area contributed by atoms with Gasteiger partial charge in [0.1, 0.15) is 18.5 Å². The molecule has 3 aromatic rings. The number of halogens is 1. The number of piperazine rings is 1. The maximum Gasteiger partial charge on any atom is 0.321 e. The SMILES string of the molecule is Cc1nc2cc(OC[C@H](O)CN3CCN(C(=O)Nc4ccc(Cl)cc4)C[C@@H]3C)ccc2s1. The molecular formula is C23H27ClN4O3S. The van der Waals surface area contributed by atoms with Gasteiger partial charge in [-0.15, -0.1) is 11.3 Å². The molecule has 2 heterocycles. The van der Waals surface area contributed by atoms with Crippen LogP contribution >= 0.6 is 22.9 Å². The number of anilines is 1. The van der Waals surface area contributed by atoms with Crippen molar-refractivity contribution in [3.8, 4) is 5.75 Å². The number of nitrogens with zero attached hydrogens (tertiary/aromatic N) is 3. The van der Waals surface area contributed by atoms with E-state index in [2.05, 4.69) is 22.1 Å². The van der Waals surface area contributed by atoms with Gasteiger partial charge in [-0.1, -0.05) is 11.6 Å². The van der Waals surface area contributed by atoms with E-state index in [1.165, 1.54) is 0 Å². The molecule has 0 spiro atoms.